The van der Waals surface area contributed by atoms with Crippen molar-refractivity contribution in [3.63, 3.8) is 0 Å². The molecule has 1 atom stereocenters. The Balaban J connectivity index is 2.00. The highest BCUT2D eigenvalue weighted by atomic mass is 16.3. The van der Waals surface area contributed by atoms with E-state index < -0.39 is 0 Å². The van der Waals surface area contributed by atoms with E-state index in [0.717, 1.165) is 25.2 Å². The van der Waals surface area contributed by atoms with Crippen molar-refractivity contribution in [3.05, 3.63) is 30.3 Å². The molecule has 0 aliphatic carbocycles. The molecule has 1 amide bonds. The Bertz CT molecular complexity index is 484. The second kappa shape index (κ2) is 7.04. The Morgan fingerprint density at radius 3 is 2.80 bits per heavy atom. The van der Waals surface area contributed by atoms with Gasteiger partial charge >= 0.3 is 0 Å². The monoisotopic (exact) mass is 273 g/mol. The van der Waals surface area contributed by atoms with Crippen molar-refractivity contribution in [1.29, 1.82) is 5.26 Å². The number of rotatable bonds is 5. The van der Waals surface area contributed by atoms with Crippen molar-refractivity contribution in [2.75, 3.05) is 37.7 Å². The maximum atomic E-state index is 12.4. The maximum absolute atomic E-state index is 12.4. The number of amides is 1. The number of hydrogen-bond acceptors (Lipinski definition) is 4. The minimum atomic E-state index is -0.0728. The predicted octanol–water partition coefficient (Wildman–Crippen LogP) is 0.857. The summed E-state index contributed by atoms with van der Waals surface area (Å²) in [4.78, 5) is 15.9. The minimum Gasteiger partial charge on any atom is -0.396 e. The van der Waals surface area contributed by atoms with Crippen LogP contribution in [0.2, 0.25) is 0 Å². The van der Waals surface area contributed by atoms with E-state index in [4.69, 9.17) is 10.4 Å². The van der Waals surface area contributed by atoms with Crippen molar-refractivity contribution in [2.24, 2.45) is 5.92 Å². The van der Waals surface area contributed by atoms with Gasteiger partial charge in [0.15, 0.2) is 0 Å². The van der Waals surface area contributed by atoms with Crippen LogP contribution in [0.1, 0.15) is 6.42 Å². The van der Waals surface area contributed by atoms with Crippen LogP contribution in [0.3, 0.4) is 0 Å². The molecule has 20 heavy (non-hydrogen) atoms. The van der Waals surface area contributed by atoms with Crippen molar-refractivity contribution >= 4 is 11.6 Å². The van der Waals surface area contributed by atoms with E-state index in [9.17, 15) is 4.79 Å². The zero-order chi connectivity index (χ0) is 14.4. The summed E-state index contributed by atoms with van der Waals surface area (Å²) < 4.78 is 0. The molecule has 1 heterocycles. The van der Waals surface area contributed by atoms with Crippen LogP contribution >= 0.6 is 0 Å². The standard InChI is InChI=1S/C15H19N3O2/c16-7-9-18(14-4-2-1-3-5-14)15(20)11-17-8-6-13(10-17)12-19/h1-5,13,19H,6,8-12H2. The molecule has 1 N–H and O–H groups in total. The molecular weight excluding hydrogens is 254 g/mol. The summed E-state index contributed by atoms with van der Waals surface area (Å²) in [6.07, 6.45) is 0.924. The highest BCUT2D eigenvalue weighted by molar-refractivity contribution is 5.95. The number of aliphatic hydroxyl groups is 1. The molecule has 1 saturated heterocycles. The van der Waals surface area contributed by atoms with Crippen molar-refractivity contribution in [3.8, 4) is 6.07 Å². The normalized spacial score (nSPS) is 18.7. The van der Waals surface area contributed by atoms with Crippen LogP contribution in [-0.2, 0) is 4.79 Å². The van der Waals surface area contributed by atoms with Crippen molar-refractivity contribution in [1.82, 2.24) is 4.90 Å². The number of aliphatic hydroxyl groups excluding tert-OH is 1. The number of anilines is 1. The Kier molecular flexibility index (Phi) is 5.10. The highest BCUT2D eigenvalue weighted by Gasteiger charge is 2.25. The van der Waals surface area contributed by atoms with Crippen molar-refractivity contribution in [2.45, 2.75) is 6.42 Å². The fourth-order valence-electron chi connectivity index (χ4n) is 2.48. The van der Waals surface area contributed by atoms with E-state index >= 15 is 0 Å². The second-order valence-electron chi connectivity index (χ2n) is 5.05. The molecule has 1 aromatic carbocycles. The zero-order valence-electron chi connectivity index (χ0n) is 11.4. The summed E-state index contributed by atoms with van der Waals surface area (Å²) in [7, 11) is 0. The molecule has 2 rings (SSSR count). The molecule has 1 aliphatic rings. The van der Waals surface area contributed by atoms with Gasteiger partial charge in [-0.3, -0.25) is 14.6 Å². The Morgan fingerprint density at radius 2 is 2.20 bits per heavy atom. The molecule has 106 valence electrons. The first-order valence-corrected chi connectivity index (χ1v) is 6.80. The summed E-state index contributed by atoms with van der Waals surface area (Å²) >= 11 is 0. The summed E-state index contributed by atoms with van der Waals surface area (Å²) in [6.45, 7) is 2.10. The number of carbonyl (C=O) groups excluding carboxylic acids is 1. The first kappa shape index (κ1) is 14.5. The third kappa shape index (κ3) is 3.56. The van der Waals surface area contributed by atoms with E-state index in [1.807, 2.05) is 41.3 Å². The largest absolute Gasteiger partial charge is 0.396 e. The lowest BCUT2D eigenvalue weighted by Crippen LogP contribution is -2.40. The first-order chi connectivity index (χ1) is 9.74. The van der Waals surface area contributed by atoms with Crippen molar-refractivity contribution < 1.29 is 9.90 Å². The van der Waals surface area contributed by atoms with Crippen LogP contribution < -0.4 is 4.90 Å². The third-order valence-electron chi connectivity index (χ3n) is 3.58. The Morgan fingerprint density at radius 1 is 1.45 bits per heavy atom. The summed E-state index contributed by atoms with van der Waals surface area (Å²) in [5.41, 5.74) is 0.747. The molecule has 0 radical (unpaired) electrons. The number of likely N-dealkylation sites (tertiary alicyclic amines) is 1. The van der Waals surface area contributed by atoms with Gasteiger partial charge in [0.1, 0.15) is 6.54 Å². The molecule has 0 aromatic heterocycles. The molecule has 0 spiro atoms. The lowest BCUT2D eigenvalue weighted by Gasteiger charge is -2.23. The third-order valence-corrected chi connectivity index (χ3v) is 3.58. The van der Waals surface area contributed by atoms with Gasteiger partial charge in [0.05, 0.1) is 12.6 Å². The number of hydrogen-bond donors (Lipinski definition) is 1. The molecule has 5 heteroatoms. The zero-order valence-corrected chi connectivity index (χ0v) is 11.4. The molecular formula is C15H19N3O2. The van der Waals surface area contributed by atoms with E-state index in [2.05, 4.69) is 0 Å². The van der Waals surface area contributed by atoms with Crippen LogP contribution in [0.5, 0.6) is 0 Å². The van der Waals surface area contributed by atoms with Gasteiger partial charge in [0.25, 0.3) is 0 Å². The second-order valence-corrected chi connectivity index (χ2v) is 5.05. The van der Waals surface area contributed by atoms with E-state index in [0.29, 0.717) is 6.54 Å². The number of para-hydroxylation sites is 1. The molecule has 0 bridgehead atoms. The number of nitrogens with zero attached hydrogens (tertiary/aromatic N) is 3. The van der Waals surface area contributed by atoms with Crippen LogP contribution in [0, 0.1) is 17.2 Å². The predicted molar refractivity (Wildman–Crippen MR) is 76.0 cm³/mol. The van der Waals surface area contributed by atoms with Gasteiger partial charge in [-0.05, 0) is 31.0 Å². The molecule has 0 saturated carbocycles. The van der Waals surface area contributed by atoms with Gasteiger partial charge in [-0.25, -0.2) is 0 Å². The topological polar surface area (TPSA) is 67.6 Å². The average molecular weight is 273 g/mol. The number of benzene rings is 1. The highest BCUT2D eigenvalue weighted by Crippen LogP contribution is 2.17. The summed E-state index contributed by atoms with van der Waals surface area (Å²) in [5, 5.41) is 18.0. The van der Waals surface area contributed by atoms with Crippen LogP contribution in [-0.4, -0.2) is 48.7 Å². The lowest BCUT2D eigenvalue weighted by molar-refractivity contribution is -0.119. The van der Waals surface area contributed by atoms with E-state index in [-0.39, 0.29) is 25.0 Å². The molecule has 1 unspecified atom stereocenters. The van der Waals surface area contributed by atoms with E-state index in [1.165, 1.54) is 4.90 Å². The fourth-order valence-corrected chi connectivity index (χ4v) is 2.48. The van der Waals surface area contributed by atoms with Gasteiger partial charge < -0.3 is 5.11 Å². The molecule has 1 fully saturated rings. The SMILES string of the molecule is N#CCN(C(=O)CN1CCC(CO)C1)c1ccccc1. The smallest absolute Gasteiger partial charge is 0.242 e. The first-order valence-electron chi connectivity index (χ1n) is 6.80. The quantitative estimate of drug-likeness (QED) is 0.808. The fraction of sp³-hybridized carbons (Fsp3) is 0.467. The molecule has 1 aromatic rings. The summed E-state index contributed by atoms with van der Waals surface area (Å²) in [6, 6.07) is 11.3. The lowest BCUT2D eigenvalue weighted by atomic mass is 10.1. The Labute approximate surface area is 119 Å². The van der Waals surface area contributed by atoms with Crippen LogP contribution in [0.4, 0.5) is 5.69 Å². The average Bonchev–Trinajstić information content (AvgIpc) is 2.93. The van der Waals surface area contributed by atoms with Crippen LogP contribution in [0.25, 0.3) is 0 Å². The van der Waals surface area contributed by atoms with E-state index in [1.54, 1.807) is 0 Å². The molecule has 5 nitrogen and oxygen atoms in total. The maximum Gasteiger partial charge on any atom is 0.242 e. The number of nitriles is 1. The Hall–Kier alpha value is -1.90. The van der Waals surface area contributed by atoms with Gasteiger partial charge in [-0.2, -0.15) is 5.26 Å². The van der Waals surface area contributed by atoms with Gasteiger partial charge in [-0.1, -0.05) is 18.2 Å². The van der Waals surface area contributed by atoms with Gasteiger partial charge in [0.2, 0.25) is 5.91 Å². The minimum absolute atomic E-state index is 0.0557. The summed E-state index contributed by atoms with van der Waals surface area (Å²) in [5.74, 6) is 0.195. The van der Waals surface area contributed by atoms with Gasteiger partial charge in [0, 0.05) is 18.8 Å². The van der Waals surface area contributed by atoms with Crippen LogP contribution in [0.15, 0.2) is 30.3 Å². The number of carbonyl (C=O) groups is 1. The van der Waals surface area contributed by atoms with Gasteiger partial charge in [-0.15, -0.1) is 0 Å². The molecule has 1 aliphatic heterocycles.